The van der Waals surface area contributed by atoms with Crippen LogP contribution in [0, 0.1) is 13.8 Å². The summed E-state index contributed by atoms with van der Waals surface area (Å²) in [6.07, 6.45) is 0. The first kappa shape index (κ1) is 16.4. The molecule has 1 amide bonds. The first-order valence-electron chi connectivity index (χ1n) is 7.06. The number of amides is 1. The standard InChI is InChI=1S/C18H17NO4/c1-11-7-8-12(2)15(9-11)17(21)13-5-3-4-6-14(13)18(22)23-10-16(19)20/h3-9H,10H2,1-2H3,(H2,19,20). The molecule has 5 nitrogen and oxygen atoms in total. The molecule has 0 saturated heterocycles. The van der Waals surface area contributed by atoms with Gasteiger partial charge in [0.15, 0.2) is 12.4 Å². The molecule has 0 saturated carbocycles. The molecule has 23 heavy (non-hydrogen) atoms. The van der Waals surface area contributed by atoms with Gasteiger partial charge in [-0.1, -0.05) is 35.9 Å². The average Bonchev–Trinajstić information content (AvgIpc) is 2.54. The number of hydrogen-bond donors (Lipinski definition) is 1. The van der Waals surface area contributed by atoms with Crippen molar-refractivity contribution < 1.29 is 19.1 Å². The Hall–Kier alpha value is -2.95. The van der Waals surface area contributed by atoms with E-state index in [-0.39, 0.29) is 16.9 Å². The van der Waals surface area contributed by atoms with Crippen molar-refractivity contribution in [3.8, 4) is 0 Å². The van der Waals surface area contributed by atoms with Crippen molar-refractivity contribution in [1.29, 1.82) is 0 Å². The van der Waals surface area contributed by atoms with Crippen LogP contribution in [-0.4, -0.2) is 24.3 Å². The van der Waals surface area contributed by atoms with Gasteiger partial charge in [0.05, 0.1) is 5.56 Å². The van der Waals surface area contributed by atoms with E-state index in [0.29, 0.717) is 5.56 Å². The van der Waals surface area contributed by atoms with Gasteiger partial charge < -0.3 is 10.5 Å². The monoisotopic (exact) mass is 311 g/mol. The Morgan fingerprint density at radius 1 is 0.957 bits per heavy atom. The lowest BCUT2D eigenvalue weighted by Gasteiger charge is -2.10. The topological polar surface area (TPSA) is 86.5 Å². The van der Waals surface area contributed by atoms with Gasteiger partial charge in [-0.25, -0.2) is 4.79 Å². The van der Waals surface area contributed by atoms with Crippen LogP contribution in [0.4, 0.5) is 0 Å². The van der Waals surface area contributed by atoms with E-state index in [9.17, 15) is 14.4 Å². The van der Waals surface area contributed by atoms with Gasteiger partial charge in [0.2, 0.25) is 0 Å². The highest BCUT2D eigenvalue weighted by Crippen LogP contribution is 2.19. The number of primary amides is 1. The number of nitrogens with two attached hydrogens (primary N) is 1. The second-order valence-electron chi connectivity index (χ2n) is 5.24. The minimum atomic E-state index is -0.753. The molecule has 2 N–H and O–H groups in total. The molecule has 5 heteroatoms. The molecular formula is C18H17NO4. The summed E-state index contributed by atoms with van der Waals surface area (Å²) in [6, 6.07) is 11.9. The summed E-state index contributed by atoms with van der Waals surface area (Å²) in [4.78, 5) is 35.6. The molecule has 2 aromatic carbocycles. The molecule has 0 aromatic heterocycles. The fourth-order valence-electron chi connectivity index (χ4n) is 2.20. The highest BCUT2D eigenvalue weighted by atomic mass is 16.5. The number of rotatable bonds is 5. The molecule has 0 unspecified atom stereocenters. The van der Waals surface area contributed by atoms with Gasteiger partial charge in [0.1, 0.15) is 0 Å². The summed E-state index contributed by atoms with van der Waals surface area (Å²) < 4.78 is 4.80. The highest BCUT2D eigenvalue weighted by molar-refractivity contribution is 6.15. The van der Waals surface area contributed by atoms with Crippen molar-refractivity contribution >= 4 is 17.7 Å². The molecule has 0 heterocycles. The maximum Gasteiger partial charge on any atom is 0.339 e. The van der Waals surface area contributed by atoms with Crippen LogP contribution in [0.1, 0.15) is 37.4 Å². The molecule has 0 atom stereocenters. The predicted octanol–water partition coefficient (Wildman–Crippen LogP) is 2.18. The first-order valence-corrected chi connectivity index (χ1v) is 7.06. The first-order chi connectivity index (χ1) is 10.9. The summed E-state index contributed by atoms with van der Waals surface area (Å²) >= 11 is 0. The number of ether oxygens (including phenoxy) is 1. The van der Waals surface area contributed by atoms with Gasteiger partial charge in [0.25, 0.3) is 5.91 Å². The van der Waals surface area contributed by atoms with E-state index in [1.807, 2.05) is 26.0 Å². The zero-order chi connectivity index (χ0) is 17.0. The van der Waals surface area contributed by atoms with Crippen LogP contribution in [-0.2, 0) is 9.53 Å². The number of benzene rings is 2. The smallest absolute Gasteiger partial charge is 0.339 e. The summed E-state index contributed by atoms with van der Waals surface area (Å²) in [5, 5.41) is 0. The van der Waals surface area contributed by atoms with Gasteiger partial charge in [-0.15, -0.1) is 0 Å². The van der Waals surface area contributed by atoms with Crippen molar-refractivity contribution in [3.05, 3.63) is 70.3 Å². The SMILES string of the molecule is Cc1ccc(C)c(C(=O)c2ccccc2C(=O)OCC(N)=O)c1. The Kier molecular flexibility index (Phi) is 4.91. The zero-order valence-corrected chi connectivity index (χ0v) is 13.0. The van der Waals surface area contributed by atoms with E-state index in [2.05, 4.69) is 0 Å². The van der Waals surface area contributed by atoms with Crippen molar-refractivity contribution in [1.82, 2.24) is 0 Å². The van der Waals surface area contributed by atoms with Crippen molar-refractivity contribution in [3.63, 3.8) is 0 Å². The second kappa shape index (κ2) is 6.87. The minimum Gasteiger partial charge on any atom is -0.452 e. The fraction of sp³-hybridized carbons (Fsp3) is 0.167. The van der Waals surface area contributed by atoms with E-state index < -0.39 is 18.5 Å². The minimum absolute atomic E-state index is 0.111. The Morgan fingerprint density at radius 2 is 1.61 bits per heavy atom. The third-order valence-corrected chi connectivity index (χ3v) is 3.37. The van der Waals surface area contributed by atoms with Crippen LogP contribution in [0.15, 0.2) is 42.5 Å². The van der Waals surface area contributed by atoms with E-state index in [0.717, 1.165) is 11.1 Å². The molecular weight excluding hydrogens is 294 g/mol. The van der Waals surface area contributed by atoms with E-state index >= 15 is 0 Å². The molecule has 118 valence electrons. The normalized spacial score (nSPS) is 10.2. The molecule has 2 aromatic rings. The van der Waals surface area contributed by atoms with Crippen LogP contribution in [0.25, 0.3) is 0 Å². The molecule has 0 aliphatic carbocycles. The van der Waals surface area contributed by atoms with Gasteiger partial charge in [-0.05, 0) is 31.5 Å². The third kappa shape index (κ3) is 3.83. The van der Waals surface area contributed by atoms with Crippen LogP contribution in [0.2, 0.25) is 0 Å². The van der Waals surface area contributed by atoms with Crippen molar-refractivity contribution in [2.75, 3.05) is 6.61 Å². The lowest BCUT2D eigenvalue weighted by atomic mass is 9.94. The van der Waals surface area contributed by atoms with Crippen LogP contribution in [0.3, 0.4) is 0 Å². The summed E-state index contributed by atoms with van der Waals surface area (Å²) in [6.45, 7) is 3.20. The molecule has 0 fully saturated rings. The Labute approximate surface area is 134 Å². The van der Waals surface area contributed by atoms with Crippen LogP contribution >= 0.6 is 0 Å². The number of carbonyl (C=O) groups is 3. The predicted molar refractivity (Wildman–Crippen MR) is 85.3 cm³/mol. The largest absolute Gasteiger partial charge is 0.452 e. The lowest BCUT2D eigenvalue weighted by molar-refractivity contribution is -0.121. The van der Waals surface area contributed by atoms with E-state index in [1.165, 1.54) is 6.07 Å². The van der Waals surface area contributed by atoms with Crippen molar-refractivity contribution in [2.24, 2.45) is 5.73 Å². The molecule has 0 aliphatic rings. The fourth-order valence-corrected chi connectivity index (χ4v) is 2.20. The van der Waals surface area contributed by atoms with E-state index in [4.69, 9.17) is 10.5 Å². The Morgan fingerprint density at radius 3 is 2.26 bits per heavy atom. The quantitative estimate of drug-likeness (QED) is 0.677. The molecule has 0 aliphatic heterocycles. The van der Waals surface area contributed by atoms with E-state index in [1.54, 1.807) is 24.3 Å². The number of aryl methyl sites for hydroxylation is 2. The van der Waals surface area contributed by atoms with Gasteiger partial charge >= 0.3 is 5.97 Å². The summed E-state index contributed by atoms with van der Waals surface area (Å²) in [5.74, 6) is -1.77. The van der Waals surface area contributed by atoms with Gasteiger partial charge in [0, 0.05) is 11.1 Å². The number of hydrogen-bond acceptors (Lipinski definition) is 4. The zero-order valence-electron chi connectivity index (χ0n) is 13.0. The molecule has 0 bridgehead atoms. The maximum atomic E-state index is 12.8. The third-order valence-electron chi connectivity index (χ3n) is 3.37. The highest BCUT2D eigenvalue weighted by Gasteiger charge is 2.20. The summed E-state index contributed by atoms with van der Waals surface area (Å²) in [5.41, 5.74) is 7.60. The van der Waals surface area contributed by atoms with Crippen LogP contribution < -0.4 is 5.73 Å². The molecule has 2 rings (SSSR count). The molecule has 0 spiro atoms. The maximum absolute atomic E-state index is 12.8. The number of esters is 1. The lowest BCUT2D eigenvalue weighted by Crippen LogP contribution is -2.22. The van der Waals surface area contributed by atoms with Crippen molar-refractivity contribution in [2.45, 2.75) is 13.8 Å². The average molecular weight is 311 g/mol. The van der Waals surface area contributed by atoms with Crippen LogP contribution in [0.5, 0.6) is 0 Å². The van der Waals surface area contributed by atoms with Gasteiger partial charge in [-0.3, -0.25) is 9.59 Å². The Bertz CT molecular complexity index is 780. The van der Waals surface area contributed by atoms with Gasteiger partial charge in [-0.2, -0.15) is 0 Å². The summed E-state index contributed by atoms with van der Waals surface area (Å²) in [7, 11) is 0. The molecule has 0 radical (unpaired) electrons. The number of carbonyl (C=O) groups excluding carboxylic acids is 3. The Balaban J connectivity index is 2.40. The number of ketones is 1. The second-order valence-corrected chi connectivity index (χ2v) is 5.24.